The topological polar surface area (TPSA) is 132 Å². The van der Waals surface area contributed by atoms with Gasteiger partial charge in [-0.15, -0.1) is 0 Å². The third kappa shape index (κ3) is 4.04. The summed E-state index contributed by atoms with van der Waals surface area (Å²) in [5.41, 5.74) is 2.23. The molecule has 1 aliphatic heterocycles. The zero-order chi connectivity index (χ0) is 24.6. The van der Waals surface area contributed by atoms with E-state index in [4.69, 9.17) is 9.15 Å². The van der Waals surface area contributed by atoms with Gasteiger partial charge >= 0.3 is 6.03 Å². The number of nitro groups is 1. The number of carbonyl (C=O) groups excluding carboxylic acids is 3. The predicted octanol–water partition coefficient (Wildman–Crippen LogP) is 4.15. The molecule has 0 unspecified atom stereocenters. The number of hydrogen-bond acceptors (Lipinski definition) is 7. The molecule has 10 nitrogen and oxygen atoms in total. The average Bonchev–Trinajstić information content (AvgIpc) is 3.26. The molecule has 2 heterocycles. The summed E-state index contributed by atoms with van der Waals surface area (Å²) in [5, 5.41) is 13.2. The van der Waals surface area contributed by atoms with E-state index < -0.39 is 22.8 Å². The number of ether oxygens (including phenoxy) is 1. The highest BCUT2D eigenvalue weighted by molar-refractivity contribution is 6.39. The van der Waals surface area contributed by atoms with Gasteiger partial charge in [0, 0.05) is 6.07 Å². The molecule has 4 rings (SSSR count). The van der Waals surface area contributed by atoms with Gasteiger partial charge in [-0.3, -0.25) is 25.0 Å². The average molecular weight is 461 g/mol. The number of hydrogen-bond donors (Lipinski definition) is 1. The summed E-state index contributed by atoms with van der Waals surface area (Å²) in [4.78, 5) is 49.3. The first-order chi connectivity index (χ1) is 16.2. The summed E-state index contributed by atoms with van der Waals surface area (Å²) in [6.07, 6.45) is 1.24. The van der Waals surface area contributed by atoms with Gasteiger partial charge in [-0.25, -0.2) is 9.69 Å². The number of barbiturate groups is 1. The molecule has 1 N–H and O–H groups in total. The van der Waals surface area contributed by atoms with E-state index in [0.717, 1.165) is 16.0 Å². The summed E-state index contributed by atoms with van der Waals surface area (Å²) in [6, 6.07) is 11.4. The van der Waals surface area contributed by atoms with E-state index >= 15 is 0 Å². The Labute approximate surface area is 193 Å². The maximum atomic E-state index is 13.1. The number of aryl methyl sites for hydroxylation is 2. The number of rotatable bonds is 5. The van der Waals surface area contributed by atoms with E-state index in [9.17, 15) is 24.5 Å². The summed E-state index contributed by atoms with van der Waals surface area (Å²) in [5.74, 6) is -0.933. The van der Waals surface area contributed by atoms with Gasteiger partial charge in [-0.05, 0) is 61.4 Å². The van der Waals surface area contributed by atoms with Crippen LogP contribution in [0.4, 0.5) is 16.2 Å². The number of nitrogens with zero attached hydrogens (tertiary/aromatic N) is 2. The molecule has 0 spiro atoms. The molecule has 0 aliphatic carbocycles. The first-order valence-corrected chi connectivity index (χ1v) is 10.1. The fourth-order valence-electron chi connectivity index (χ4n) is 3.47. The molecule has 10 heteroatoms. The zero-order valence-electron chi connectivity index (χ0n) is 18.4. The molecule has 1 aromatic heterocycles. The van der Waals surface area contributed by atoms with Crippen LogP contribution in [0.1, 0.15) is 16.9 Å². The van der Waals surface area contributed by atoms with Gasteiger partial charge in [0.25, 0.3) is 17.5 Å². The van der Waals surface area contributed by atoms with Crippen LogP contribution in [0.15, 0.2) is 58.5 Å². The summed E-state index contributed by atoms with van der Waals surface area (Å²) < 4.78 is 11.0. The Morgan fingerprint density at radius 3 is 2.47 bits per heavy atom. The normalized spacial score (nSPS) is 15.0. The Hall–Kier alpha value is -4.73. The quantitative estimate of drug-likeness (QED) is 0.261. The van der Waals surface area contributed by atoms with Crippen LogP contribution in [0.2, 0.25) is 0 Å². The number of carbonyl (C=O) groups is 3. The maximum absolute atomic E-state index is 13.1. The van der Waals surface area contributed by atoms with Crippen LogP contribution in [-0.2, 0) is 9.59 Å². The van der Waals surface area contributed by atoms with E-state index in [2.05, 4.69) is 5.32 Å². The van der Waals surface area contributed by atoms with Crippen molar-refractivity contribution in [3.8, 4) is 17.1 Å². The molecule has 1 aliphatic rings. The number of imide groups is 2. The van der Waals surface area contributed by atoms with Crippen LogP contribution < -0.4 is 15.0 Å². The van der Waals surface area contributed by atoms with Gasteiger partial charge in [-0.1, -0.05) is 6.07 Å². The molecule has 0 atom stereocenters. The van der Waals surface area contributed by atoms with E-state index in [0.29, 0.717) is 17.0 Å². The minimum Gasteiger partial charge on any atom is -0.496 e. The van der Waals surface area contributed by atoms with Crippen molar-refractivity contribution >= 4 is 35.3 Å². The molecular formula is C24H19N3O7. The largest absolute Gasteiger partial charge is 0.496 e. The minimum atomic E-state index is -0.846. The fourth-order valence-corrected chi connectivity index (χ4v) is 3.47. The van der Waals surface area contributed by atoms with Crippen molar-refractivity contribution in [2.45, 2.75) is 13.8 Å². The van der Waals surface area contributed by atoms with Crippen molar-refractivity contribution in [1.29, 1.82) is 0 Å². The highest BCUT2D eigenvalue weighted by Gasteiger charge is 2.37. The molecule has 0 saturated carbocycles. The summed E-state index contributed by atoms with van der Waals surface area (Å²) >= 11 is 0. The lowest BCUT2D eigenvalue weighted by Gasteiger charge is -2.26. The van der Waals surface area contributed by atoms with Gasteiger partial charge in [0.05, 0.1) is 29.4 Å². The number of nitrogens with one attached hydrogen (secondary N) is 1. The standard InChI is InChI=1S/C24H19N3O7/c1-13-4-5-15(10-14(13)2)26-23(29)19(22(28)25-24(26)30)12-17-7-9-20(34-17)18-8-6-16(27(31)32)11-21(18)33-3/h4-12H,1-3H3,(H,25,28,30). The summed E-state index contributed by atoms with van der Waals surface area (Å²) in [6.45, 7) is 3.75. The summed E-state index contributed by atoms with van der Waals surface area (Å²) in [7, 11) is 1.37. The zero-order valence-corrected chi connectivity index (χ0v) is 18.4. The van der Waals surface area contributed by atoms with Crippen LogP contribution in [0.5, 0.6) is 5.75 Å². The second kappa shape index (κ2) is 8.66. The van der Waals surface area contributed by atoms with Gasteiger partial charge in [-0.2, -0.15) is 0 Å². The van der Waals surface area contributed by atoms with Crippen LogP contribution in [0.3, 0.4) is 0 Å². The van der Waals surface area contributed by atoms with Gasteiger partial charge in [0.2, 0.25) is 0 Å². The van der Waals surface area contributed by atoms with Crippen molar-refractivity contribution in [3.05, 3.63) is 81.1 Å². The number of furan rings is 1. The Bertz CT molecular complexity index is 1390. The Kier molecular flexibility index (Phi) is 5.72. The van der Waals surface area contributed by atoms with Crippen LogP contribution in [0.25, 0.3) is 17.4 Å². The third-order valence-electron chi connectivity index (χ3n) is 5.43. The molecule has 0 radical (unpaired) electrons. The van der Waals surface area contributed by atoms with Crippen molar-refractivity contribution in [1.82, 2.24) is 5.32 Å². The molecule has 2 aromatic carbocycles. The molecule has 34 heavy (non-hydrogen) atoms. The Morgan fingerprint density at radius 2 is 1.79 bits per heavy atom. The number of nitro benzene ring substituents is 1. The van der Waals surface area contributed by atoms with Crippen LogP contribution in [0, 0.1) is 24.0 Å². The SMILES string of the molecule is COc1cc([N+](=O)[O-])ccc1-c1ccc(C=C2C(=O)NC(=O)N(c3ccc(C)c(C)c3)C2=O)o1. The molecule has 172 valence electrons. The van der Waals surface area contributed by atoms with Crippen LogP contribution >= 0.6 is 0 Å². The minimum absolute atomic E-state index is 0.143. The molecular weight excluding hydrogens is 442 g/mol. The van der Waals surface area contributed by atoms with Crippen molar-refractivity contribution < 1.29 is 28.5 Å². The molecule has 0 bridgehead atoms. The van der Waals surface area contributed by atoms with E-state index in [-0.39, 0.29) is 22.8 Å². The van der Waals surface area contributed by atoms with Crippen molar-refractivity contribution in [2.24, 2.45) is 0 Å². The van der Waals surface area contributed by atoms with Crippen molar-refractivity contribution in [3.63, 3.8) is 0 Å². The lowest BCUT2D eigenvalue weighted by Crippen LogP contribution is -2.54. The maximum Gasteiger partial charge on any atom is 0.335 e. The molecule has 4 amide bonds. The van der Waals surface area contributed by atoms with Gasteiger partial charge < -0.3 is 9.15 Å². The lowest BCUT2D eigenvalue weighted by molar-refractivity contribution is -0.384. The van der Waals surface area contributed by atoms with E-state index in [1.54, 1.807) is 24.3 Å². The number of urea groups is 1. The third-order valence-corrected chi connectivity index (χ3v) is 5.43. The van der Waals surface area contributed by atoms with E-state index in [1.165, 1.54) is 37.5 Å². The second-order valence-corrected chi connectivity index (χ2v) is 7.57. The number of benzene rings is 2. The first kappa shape index (κ1) is 22.5. The number of methoxy groups -OCH3 is 1. The first-order valence-electron chi connectivity index (χ1n) is 10.1. The smallest absolute Gasteiger partial charge is 0.335 e. The lowest BCUT2D eigenvalue weighted by atomic mass is 10.1. The molecule has 1 saturated heterocycles. The predicted molar refractivity (Wildman–Crippen MR) is 122 cm³/mol. The second-order valence-electron chi connectivity index (χ2n) is 7.57. The van der Waals surface area contributed by atoms with Crippen molar-refractivity contribution in [2.75, 3.05) is 12.0 Å². The highest BCUT2D eigenvalue weighted by Crippen LogP contribution is 2.35. The Morgan fingerprint density at radius 1 is 1.03 bits per heavy atom. The Balaban J connectivity index is 1.68. The number of anilines is 1. The van der Waals surface area contributed by atoms with E-state index in [1.807, 2.05) is 13.8 Å². The van der Waals surface area contributed by atoms with Crippen LogP contribution in [-0.4, -0.2) is 29.9 Å². The van der Waals surface area contributed by atoms with Gasteiger partial charge in [0.15, 0.2) is 0 Å². The fraction of sp³-hybridized carbons (Fsp3) is 0.125. The molecule has 1 fully saturated rings. The molecule has 3 aromatic rings. The number of non-ortho nitro benzene ring substituents is 1. The monoisotopic (exact) mass is 461 g/mol. The number of amides is 4. The highest BCUT2D eigenvalue weighted by atomic mass is 16.6. The van der Waals surface area contributed by atoms with Gasteiger partial charge in [0.1, 0.15) is 22.8 Å².